The molecule has 0 aromatic heterocycles. The van der Waals surface area contributed by atoms with Crippen LogP contribution >= 0.6 is 28.6 Å². The molecule has 0 radical (unpaired) electrons. The number of thiol groups is 1. The molecule has 0 amide bonds. The van der Waals surface area contributed by atoms with Gasteiger partial charge in [-0.2, -0.15) is 0 Å². The predicted octanol–water partition coefficient (Wildman–Crippen LogP) is 3.94. The van der Waals surface area contributed by atoms with Crippen molar-refractivity contribution in [3.63, 3.8) is 0 Å². The Kier molecular flexibility index (Phi) is 4.28. The molecule has 82 valence electrons. The van der Waals surface area contributed by atoms with E-state index in [9.17, 15) is 13.6 Å². The summed E-state index contributed by atoms with van der Waals surface area (Å²) >= 11 is 7.17. The summed E-state index contributed by atoms with van der Waals surface area (Å²) in [4.78, 5) is 10.8. The van der Waals surface area contributed by atoms with Gasteiger partial charge in [0.2, 0.25) is 0 Å². The van der Waals surface area contributed by atoms with Crippen LogP contribution in [0.15, 0.2) is 23.1 Å². The maximum atomic E-state index is 12.7. The van der Waals surface area contributed by atoms with Crippen LogP contribution in [0.5, 0.6) is 0 Å². The van der Waals surface area contributed by atoms with E-state index in [0.29, 0.717) is 4.90 Å². The SMILES string of the molecule is CC(=O)C(Br)c1c(S)cccc1C(F)F. The fourth-order valence-electron chi connectivity index (χ4n) is 1.24. The number of hydrogen-bond acceptors (Lipinski definition) is 2. The van der Waals surface area contributed by atoms with Crippen molar-refractivity contribution in [1.29, 1.82) is 0 Å². The van der Waals surface area contributed by atoms with Crippen LogP contribution in [0.4, 0.5) is 8.78 Å². The number of ketones is 1. The zero-order chi connectivity index (χ0) is 11.6. The van der Waals surface area contributed by atoms with E-state index < -0.39 is 11.3 Å². The summed E-state index contributed by atoms with van der Waals surface area (Å²) in [5.74, 6) is -0.224. The topological polar surface area (TPSA) is 17.1 Å². The van der Waals surface area contributed by atoms with Gasteiger partial charge in [-0.15, -0.1) is 12.6 Å². The van der Waals surface area contributed by atoms with Crippen LogP contribution in [0.3, 0.4) is 0 Å². The number of hydrogen-bond donors (Lipinski definition) is 1. The van der Waals surface area contributed by atoms with E-state index in [1.54, 1.807) is 6.07 Å². The first-order valence-electron chi connectivity index (χ1n) is 4.19. The van der Waals surface area contributed by atoms with E-state index in [1.807, 2.05) is 0 Å². The van der Waals surface area contributed by atoms with Crippen molar-refractivity contribution < 1.29 is 13.6 Å². The zero-order valence-electron chi connectivity index (χ0n) is 7.88. The standard InChI is InChI=1S/C10H9BrF2OS/c1-5(14)9(11)8-6(10(12)13)3-2-4-7(8)15/h2-4,9-10,15H,1H3. The highest BCUT2D eigenvalue weighted by molar-refractivity contribution is 9.09. The molecule has 0 aliphatic carbocycles. The summed E-state index contributed by atoms with van der Waals surface area (Å²) in [5, 5.41) is 0. The molecule has 0 spiro atoms. The Morgan fingerprint density at radius 1 is 1.47 bits per heavy atom. The van der Waals surface area contributed by atoms with Gasteiger partial charge in [0, 0.05) is 10.5 Å². The second-order valence-electron chi connectivity index (χ2n) is 3.05. The van der Waals surface area contributed by atoms with Gasteiger partial charge in [0.1, 0.15) is 5.78 Å². The number of carbonyl (C=O) groups is 1. The lowest BCUT2D eigenvalue weighted by atomic mass is 10.0. The maximum absolute atomic E-state index is 12.7. The van der Waals surface area contributed by atoms with Crippen molar-refractivity contribution >= 4 is 34.3 Å². The number of rotatable bonds is 3. The summed E-state index contributed by atoms with van der Waals surface area (Å²) in [6.45, 7) is 1.34. The lowest BCUT2D eigenvalue weighted by Gasteiger charge is -2.14. The molecular weight excluding hydrogens is 286 g/mol. The van der Waals surface area contributed by atoms with Crippen molar-refractivity contribution in [3.05, 3.63) is 29.3 Å². The van der Waals surface area contributed by atoms with E-state index in [0.717, 1.165) is 0 Å². The number of Topliss-reactive ketones (excluding diaryl/α,β-unsaturated/α-hetero) is 1. The third-order valence-electron chi connectivity index (χ3n) is 1.96. The lowest BCUT2D eigenvalue weighted by Crippen LogP contribution is -2.06. The van der Waals surface area contributed by atoms with E-state index >= 15 is 0 Å². The molecule has 0 saturated heterocycles. The molecule has 1 atom stereocenters. The van der Waals surface area contributed by atoms with Gasteiger partial charge in [0.05, 0.1) is 4.83 Å². The maximum Gasteiger partial charge on any atom is 0.264 e. The Morgan fingerprint density at radius 2 is 2.07 bits per heavy atom. The molecule has 1 aromatic rings. The molecule has 0 aliphatic rings. The van der Waals surface area contributed by atoms with Crippen molar-refractivity contribution in [1.82, 2.24) is 0 Å². The van der Waals surface area contributed by atoms with Crippen molar-refractivity contribution in [2.45, 2.75) is 23.1 Å². The second-order valence-corrected chi connectivity index (χ2v) is 4.45. The number of carbonyl (C=O) groups excluding carboxylic acids is 1. The first kappa shape index (κ1) is 12.6. The van der Waals surface area contributed by atoms with Crippen LogP contribution in [0.25, 0.3) is 0 Å². The van der Waals surface area contributed by atoms with Gasteiger partial charge in [-0.05, 0) is 18.6 Å². The van der Waals surface area contributed by atoms with Gasteiger partial charge in [0.25, 0.3) is 6.43 Å². The van der Waals surface area contributed by atoms with Crippen molar-refractivity contribution in [2.24, 2.45) is 0 Å². The normalized spacial score (nSPS) is 12.9. The monoisotopic (exact) mass is 294 g/mol. The van der Waals surface area contributed by atoms with Gasteiger partial charge in [-0.25, -0.2) is 8.78 Å². The number of halogens is 3. The summed E-state index contributed by atoms with van der Waals surface area (Å²) in [6.07, 6.45) is -2.61. The number of alkyl halides is 3. The first-order valence-corrected chi connectivity index (χ1v) is 5.56. The Hall–Kier alpha value is -0.420. The van der Waals surface area contributed by atoms with E-state index in [1.165, 1.54) is 19.1 Å². The first-order chi connectivity index (χ1) is 6.95. The molecule has 0 heterocycles. The summed E-state index contributed by atoms with van der Waals surface area (Å²) in [5.41, 5.74) is 0.0999. The highest BCUT2D eigenvalue weighted by atomic mass is 79.9. The van der Waals surface area contributed by atoms with Crippen LogP contribution in [0.2, 0.25) is 0 Å². The Morgan fingerprint density at radius 3 is 2.53 bits per heavy atom. The van der Waals surface area contributed by atoms with Gasteiger partial charge < -0.3 is 0 Å². The Balaban J connectivity index is 3.30. The summed E-state index contributed by atoms with van der Waals surface area (Å²) < 4.78 is 25.3. The quantitative estimate of drug-likeness (QED) is 0.660. The molecule has 0 aliphatic heterocycles. The fourth-order valence-corrected chi connectivity index (χ4v) is 2.27. The third kappa shape index (κ3) is 2.78. The van der Waals surface area contributed by atoms with Crippen LogP contribution in [0.1, 0.15) is 29.3 Å². The minimum Gasteiger partial charge on any atom is -0.298 e. The molecule has 5 heteroatoms. The largest absolute Gasteiger partial charge is 0.298 e. The molecule has 0 saturated carbocycles. The van der Waals surface area contributed by atoms with Crippen LogP contribution in [-0.4, -0.2) is 5.78 Å². The van der Waals surface area contributed by atoms with Gasteiger partial charge >= 0.3 is 0 Å². The smallest absolute Gasteiger partial charge is 0.264 e. The minimum absolute atomic E-state index is 0.153. The van der Waals surface area contributed by atoms with Gasteiger partial charge in [-0.1, -0.05) is 28.1 Å². The van der Waals surface area contributed by atoms with E-state index in [-0.39, 0.29) is 16.9 Å². The molecule has 1 rings (SSSR count). The average Bonchev–Trinajstić information content (AvgIpc) is 2.16. The van der Waals surface area contributed by atoms with E-state index in [2.05, 4.69) is 28.6 Å². The lowest BCUT2D eigenvalue weighted by molar-refractivity contribution is -0.116. The van der Waals surface area contributed by atoms with Crippen LogP contribution < -0.4 is 0 Å². The van der Waals surface area contributed by atoms with Gasteiger partial charge in [-0.3, -0.25) is 4.79 Å². The fraction of sp³-hybridized carbons (Fsp3) is 0.300. The molecular formula is C10H9BrF2OS. The van der Waals surface area contributed by atoms with Crippen LogP contribution in [-0.2, 0) is 4.79 Å². The minimum atomic E-state index is -2.61. The zero-order valence-corrected chi connectivity index (χ0v) is 10.4. The predicted molar refractivity (Wildman–Crippen MR) is 61.0 cm³/mol. The van der Waals surface area contributed by atoms with E-state index in [4.69, 9.17) is 0 Å². The molecule has 0 fully saturated rings. The van der Waals surface area contributed by atoms with Crippen molar-refractivity contribution in [2.75, 3.05) is 0 Å². The van der Waals surface area contributed by atoms with Crippen LogP contribution in [0, 0.1) is 0 Å². The summed E-state index contributed by atoms with van der Waals surface area (Å²) in [6, 6.07) is 4.38. The van der Waals surface area contributed by atoms with Gasteiger partial charge in [0.15, 0.2) is 0 Å². The second kappa shape index (κ2) is 5.07. The van der Waals surface area contributed by atoms with Crippen molar-refractivity contribution in [3.8, 4) is 0 Å². The Labute approximate surface area is 100 Å². The highest BCUT2D eigenvalue weighted by Crippen LogP contribution is 2.36. The summed E-state index contributed by atoms with van der Waals surface area (Å²) in [7, 11) is 0. The molecule has 1 aromatic carbocycles. The molecule has 15 heavy (non-hydrogen) atoms. The third-order valence-corrected chi connectivity index (χ3v) is 3.45. The molecule has 0 bridgehead atoms. The molecule has 0 N–H and O–H groups in total. The molecule has 1 nitrogen and oxygen atoms in total. The Bertz CT molecular complexity index is 382. The number of benzene rings is 1. The average molecular weight is 295 g/mol. The molecule has 1 unspecified atom stereocenters. The highest BCUT2D eigenvalue weighted by Gasteiger charge is 2.23.